The van der Waals surface area contributed by atoms with Crippen molar-refractivity contribution in [2.45, 2.75) is 89.0 Å². The molecule has 0 unspecified atom stereocenters. The van der Waals surface area contributed by atoms with Gasteiger partial charge in [0.15, 0.2) is 0 Å². The van der Waals surface area contributed by atoms with Crippen molar-refractivity contribution in [2.24, 2.45) is 11.8 Å². The smallest absolute Gasteiger partial charge is 0.407 e. The van der Waals surface area contributed by atoms with Crippen molar-refractivity contribution < 1.29 is 42.5 Å². The molecule has 0 bridgehead atoms. The van der Waals surface area contributed by atoms with Gasteiger partial charge in [-0.25, -0.2) is 13.6 Å². The van der Waals surface area contributed by atoms with Crippen molar-refractivity contribution in [1.29, 1.82) is 0 Å². The second-order valence-electron chi connectivity index (χ2n) is 14.3. The molecular weight excluding hydrogens is 616 g/mol. The number of amides is 4. The molecule has 4 amide bonds. The molecule has 4 aliphatic heterocycles. The van der Waals surface area contributed by atoms with Crippen LogP contribution in [0.2, 0.25) is 0 Å². The van der Waals surface area contributed by atoms with Crippen LogP contribution in [-0.4, -0.2) is 119 Å². The second kappa shape index (κ2) is 13.9. The highest BCUT2D eigenvalue weighted by Crippen LogP contribution is 2.37. The van der Waals surface area contributed by atoms with Crippen LogP contribution < -0.4 is 15.4 Å². The van der Waals surface area contributed by atoms with E-state index >= 15 is 0 Å². The van der Waals surface area contributed by atoms with Gasteiger partial charge in [0.2, 0.25) is 17.7 Å². The number of hydrogen-bond donors (Lipinski definition) is 3. The van der Waals surface area contributed by atoms with Crippen LogP contribution in [-0.2, 0) is 19.1 Å². The molecule has 0 saturated carbocycles. The van der Waals surface area contributed by atoms with Gasteiger partial charge in [-0.05, 0) is 45.6 Å². The number of benzene rings is 1. The van der Waals surface area contributed by atoms with E-state index in [1.54, 1.807) is 32.6 Å². The fourth-order valence-corrected chi connectivity index (χ4v) is 7.16. The van der Waals surface area contributed by atoms with Gasteiger partial charge in [-0.2, -0.15) is 0 Å². The van der Waals surface area contributed by atoms with Crippen molar-refractivity contribution in [3.63, 3.8) is 0 Å². The number of halogens is 2. The van der Waals surface area contributed by atoms with Crippen LogP contribution >= 0.6 is 0 Å². The summed E-state index contributed by atoms with van der Waals surface area (Å²) in [5.74, 6) is -4.87. The molecule has 1 aromatic rings. The van der Waals surface area contributed by atoms with Crippen LogP contribution in [0.15, 0.2) is 24.3 Å². The molecule has 3 saturated heterocycles. The molecule has 3 fully saturated rings. The Morgan fingerprint density at radius 3 is 2.47 bits per heavy atom. The predicted molar refractivity (Wildman–Crippen MR) is 167 cm³/mol. The van der Waals surface area contributed by atoms with Crippen LogP contribution in [0.25, 0.3) is 0 Å². The van der Waals surface area contributed by atoms with Gasteiger partial charge in [-0.3, -0.25) is 19.3 Å². The van der Waals surface area contributed by atoms with Gasteiger partial charge in [0.25, 0.3) is 5.92 Å². The van der Waals surface area contributed by atoms with E-state index in [1.165, 1.54) is 9.80 Å². The molecule has 4 aliphatic rings. The van der Waals surface area contributed by atoms with Crippen molar-refractivity contribution in [1.82, 2.24) is 25.3 Å². The summed E-state index contributed by atoms with van der Waals surface area (Å²) >= 11 is 0. The maximum atomic E-state index is 14.6. The van der Waals surface area contributed by atoms with E-state index in [-0.39, 0.29) is 31.6 Å². The van der Waals surface area contributed by atoms with Gasteiger partial charge in [0, 0.05) is 62.8 Å². The molecule has 5 rings (SSSR count). The molecule has 47 heavy (non-hydrogen) atoms. The third-order valence-corrected chi connectivity index (χ3v) is 9.78. The summed E-state index contributed by atoms with van der Waals surface area (Å²) in [7, 11) is 0. The number of hydrogen-bond acceptors (Lipinski definition) is 7. The zero-order valence-corrected chi connectivity index (χ0v) is 27.5. The first-order chi connectivity index (χ1) is 22.1. The molecule has 12 nitrogen and oxygen atoms in total. The maximum absolute atomic E-state index is 14.6. The summed E-state index contributed by atoms with van der Waals surface area (Å²) in [5.41, 5.74) is 0.0450. The zero-order chi connectivity index (χ0) is 34.1. The number of carboxylic acid groups (broad SMARTS) is 1. The fraction of sp³-hybridized carbons (Fsp3) is 0.697. The lowest BCUT2D eigenvalue weighted by atomic mass is 9.89. The first-order valence-electron chi connectivity index (χ1n) is 16.5. The van der Waals surface area contributed by atoms with E-state index in [0.717, 1.165) is 5.56 Å². The van der Waals surface area contributed by atoms with Crippen LogP contribution in [0.1, 0.15) is 65.0 Å². The summed E-state index contributed by atoms with van der Waals surface area (Å²) in [4.78, 5) is 58.3. The van der Waals surface area contributed by atoms with Gasteiger partial charge >= 0.3 is 6.09 Å². The Balaban J connectivity index is 1.40. The Bertz CT molecular complexity index is 1330. The van der Waals surface area contributed by atoms with Crippen molar-refractivity contribution >= 4 is 23.8 Å². The highest BCUT2D eigenvalue weighted by Gasteiger charge is 2.52. The van der Waals surface area contributed by atoms with E-state index < -0.39 is 72.3 Å². The summed E-state index contributed by atoms with van der Waals surface area (Å²) in [6.07, 6.45) is -0.131. The maximum Gasteiger partial charge on any atom is 0.407 e. The minimum atomic E-state index is -2.95. The molecule has 0 aliphatic carbocycles. The molecule has 0 radical (unpaired) electrons. The number of nitrogens with one attached hydrogen (secondary N) is 2. The topological polar surface area (TPSA) is 141 Å². The van der Waals surface area contributed by atoms with Crippen molar-refractivity contribution in [3.8, 4) is 5.75 Å². The van der Waals surface area contributed by atoms with Crippen LogP contribution in [0, 0.1) is 11.8 Å². The summed E-state index contributed by atoms with van der Waals surface area (Å²) in [6.45, 7) is 7.22. The first-order valence-corrected chi connectivity index (χ1v) is 16.5. The number of alkyl halides is 2. The number of ether oxygens (including phenoxy) is 2. The SMILES string of the molecule is C[C@@H](CN(C(=O)O)C(C)(C)C)C(=O)N[C@H](C(=O)N1C[C@H]2CC(F)(F)CN2C[C@H]1C(=O)N[C@@H]1CCOc2ccccc21)C1CCOCC1. The van der Waals surface area contributed by atoms with Gasteiger partial charge in [-0.1, -0.05) is 25.1 Å². The monoisotopic (exact) mass is 663 g/mol. The molecule has 0 aromatic heterocycles. The number of carbonyl (C=O) groups is 4. The Labute approximate surface area is 274 Å². The largest absolute Gasteiger partial charge is 0.493 e. The number of fused-ring (bicyclic) bond motifs is 2. The first kappa shape index (κ1) is 34.8. The number of nitrogens with zero attached hydrogens (tertiary/aromatic N) is 3. The standard InChI is InChI=1S/C33H47F2N5O7/c1-20(16-40(31(44)45)32(2,3)4)28(41)37-27(21-9-12-46-13-10-21)30(43)39-17-22-15-33(34,35)19-38(22)18-25(39)29(42)36-24-11-14-47-26-8-6-5-7-23(24)26/h5-8,20-22,24-25,27H,9-19H2,1-4H3,(H,36,42)(H,37,41)(H,44,45)/t20-,22+,24+,25-,27-/m0/s1. The Morgan fingerprint density at radius 1 is 1.09 bits per heavy atom. The molecule has 5 atom stereocenters. The molecule has 4 heterocycles. The average molecular weight is 664 g/mol. The summed E-state index contributed by atoms with van der Waals surface area (Å²) in [5, 5.41) is 15.7. The number of piperazine rings is 1. The van der Waals surface area contributed by atoms with Crippen LogP contribution in [0.4, 0.5) is 13.6 Å². The van der Waals surface area contributed by atoms with E-state index in [2.05, 4.69) is 10.6 Å². The second-order valence-corrected chi connectivity index (χ2v) is 14.3. The highest BCUT2D eigenvalue weighted by molar-refractivity contribution is 5.93. The lowest BCUT2D eigenvalue weighted by molar-refractivity contribution is -0.150. The Hall–Kier alpha value is -3.52. The van der Waals surface area contributed by atoms with Crippen molar-refractivity contribution in [2.75, 3.05) is 46.0 Å². The van der Waals surface area contributed by atoms with Gasteiger partial charge in [0.1, 0.15) is 17.8 Å². The molecule has 14 heteroatoms. The molecule has 3 N–H and O–H groups in total. The van der Waals surface area contributed by atoms with Gasteiger partial charge in [0.05, 0.1) is 25.1 Å². The van der Waals surface area contributed by atoms with E-state index in [4.69, 9.17) is 9.47 Å². The number of rotatable bonds is 8. The Morgan fingerprint density at radius 2 is 1.79 bits per heavy atom. The zero-order valence-electron chi connectivity index (χ0n) is 27.5. The van der Waals surface area contributed by atoms with E-state index in [9.17, 15) is 33.1 Å². The fourth-order valence-electron chi connectivity index (χ4n) is 7.16. The quantitative estimate of drug-likeness (QED) is 0.386. The lowest BCUT2D eigenvalue weighted by Gasteiger charge is -2.45. The van der Waals surface area contributed by atoms with E-state index in [0.29, 0.717) is 44.8 Å². The van der Waals surface area contributed by atoms with Gasteiger partial charge in [-0.15, -0.1) is 0 Å². The van der Waals surface area contributed by atoms with Crippen molar-refractivity contribution in [3.05, 3.63) is 29.8 Å². The molecule has 260 valence electrons. The third kappa shape index (κ3) is 7.97. The minimum absolute atomic E-state index is 0.0628. The highest BCUT2D eigenvalue weighted by atomic mass is 19.3. The average Bonchev–Trinajstić information content (AvgIpc) is 3.33. The molecule has 1 aromatic carbocycles. The van der Waals surface area contributed by atoms with E-state index in [1.807, 2.05) is 24.3 Å². The van der Waals surface area contributed by atoms with Crippen LogP contribution in [0.3, 0.4) is 0 Å². The molecule has 0 spiro atoms. The summed E-state index contributed by atoms with van der Waals surface area (Å²) in [6, 6.07) is 4.24. The lowest BCUT2D eigenvalue weighted by Crippen LogP contribution is -2.66. The minimum Gasteiger partial charge on any atom is -0.493 e. The van der Waals surface area contributed by atoms with Gasteiger partial charge < -0.3 is 35.0 Å². The third-order valence-electron chi connectivity index (χ3n) is 9.78. The normalized spacial score (nSPS) is 25.8. The number of carbonyl (C=O) groups excluding carboxylic acids is 3. The predicted octanol–water partition coefficient (Wildman–Crippen LogP) is 2.87. The van der Waals surface area contributed by atoms with Crippen LogP contribution in [0.5, 0.6) is 5.75 Å². The molecular formula is C33H47F2N5O7. The summed E-state index contributed by atoms with van der Waals surface area (Å²) < 4.78 is 40.5. The Kier molecular flexibility index (Phi) is 10.3. The number of para-hydroxylation sites is 1.